The van der Waals surface area contributed by atoms with E-state index in [1.807, 2.05) is 4.57 Å². The molecule has 4 N–H and O–H groups in total. The first kappa shape index (κ1) is 19.9. The van der Waals surface area contributed by atoms with Crippen LogP contribution in [0.3, 0.4) is 0 Å². The van der Waals surface area contributed by atoms with Crippen LogP contribution in [0.15, 0.2) is 30.5 Å². The lowest BCUT2D eigenvalue weighted by Crippen LogP contribution is -2.47. The monoisotopic (exact) mass is 395 g/mol. The number of fused-ring (bicyclic) bond motifs is 1. The summed E-state index contributed by atoms with van der Waals surface area (Å²) in [6, 6.07) is 3.96. The number of benzene rings is 1. The molecule has 3 rings (SSSR count). The summed E-state index contributed by atoms with van der Waals surface area (Å²) < 4.78 is 40.0. The predicted molar refractivity (Wildman–Crippen MR) is 94.5 cm³/mol. The number of halogens is 3. The third-order valence-corrected chi connectivity index (χ3v) is 4.64. The maximum Gasteiger partial charge on any atom is 0.416 e. The van der Waals surface area contributed by atoms with E-state index in [1.54, 1.807) is 11.1 Å². The minimum absolute atomic E-state index is 0.0352. The van der Waals surface area contributed by atoms with Crippen molar-refractivity contribution in [2.75, 3.05) is 6.54 Å². The fourth-order valence-electron chi connectivity index (χ4n) is 3.07. The Labute approximate surface area is 159 Å². The van der Waals surface area contributed by atoms with E-state index in [4.69, 9.17) is 11.5 Å². The number of aromatic nitrogens is 2. The number of hydrogen-bond donors (Lipinski definition) is 2. The number of carbonyl (C=O) groups excluding carboxylic acids is 2. The van der Waals surface area contributed by atoms with Gasteiger partial charge in [-0.05, 0) is 18.6 Å². The largest absolute Gasteiger partial charge is 0.416 e. The lowest BCUT2D eigenvalue weighted by atomic mass is 10.1. The second kappa shape index (κ2) is 7.63. The summed E-state index contributed by atoms with van der Waals surface area (Å²) in [5, 5.41) is 0. The molecule has 2 amide bonds. The lowest BCUT2D eigenvalue weighted by molar-refractivity contribution is -0.137. The molecule has 1 aliphatic rings. The molecule has 2 aromatic rings. The van der Waals surface area contributed by atoms with Crippen LogP contribution in [0.2, 0.25) is 0 Å². The number of carbonyl (C=O) groups is 2. The zero-order valence-corrected chi connectivity index (χ0v) is 14.9. The lowest BCUT2D eigenvalue weighted by Gasteiger charge is -2.29. The number of alkyl halides is 3. The number of hydrogen-bond acceptors (Lipinski definition) is 4. The van der Waals surface area contributed by atoms with Crippen LogP contribution in [-0.2, 0) is 28.9 Å². The number of nitrogens with two attached hydrogens (primary N) is 2. The van der Waals surface area contributed by atoms with Crippen LogP contribution in [-0.4, -0.2) is 38.9 Å². The van der Waals surface area contributed by atoms with Crippen molar-refractivity contribution >= 4 is 11.8 Å². The van der Waals surface area contributed by atoms with Gasteiger partial charge in [-0.25, -0.2) is 4.98 Å². The fourth-order valence-corrected chi connectivity index (χ4v) is 3.07. The fraction of sp³-hybridized carbons (Fsp3) is 0.389. The number of nitrogens with zero attached hydrogens (tertiary/aromatic N) is 3. The van der Waals surface area contributed by atoms with Gasteiger partial charge in [0.1, 0.15) is 5.82 Å². The van der Waals surface area contributed by atoms with E-state index in [0.717, 1.165) is 12.1 Å². The average Bonchev–Trinajstić information content (AvgIpc) is 3.08. The number of imidazole rings is 1. The van der Waals surface area contributed by atoms with Crippen LogP contribution in [0, 0.1) is 0 Å². The molecular weight excluding hydrogens is 375 g/mol. The molecule has 2 heterocycles. The standard InChI is InChI=1S/C18H20F3N5O2/c19-18(20,21)12-3-1-11(2-4-12)14-9-25-7-8-26(10-16(25)24-14)17(28)13(22)5-6-15(23)27/h1-4,9,13H,5-8,10,22H2,(H2,23,27)/t13-/m0/s1. The zero-order valence-electron chi connectivity index (χ0n) is 14.9. The van der Waals surface area contributed by atoms with Gasteiger partial charge in [-0.1, -0.05) is 12.1 Å². The van der Waals surface area contributed by atoms with E-state index in [1.165, 1.54) is 12.1 Å². The molecule has 10 heteroatoms. The Kier molecular flexibility index (Phi) is 5.41. The van der Waals surface area contributed by atoms with Crippen LogP contribution >= 0.6 is 0 Å². The third-order valence-electron chi connectivity index (χ3n) is 4.64. The molecule has 0 fully saturated rings. The van der Waals surface area contributed by atoms with Gasteiger partial charge in [0.15, 0.2) is 0 Å². The minimum Gasteiger partial charge on any atom is -0.370 e. The molecule has 1 aliphatic heterocycles. The quantitative estimate of drug-likeness (QED) is 0.800. The molecule has 0 unspecified atom stereocenters. The van der Waals surface area contributed by atoms with Crippen molar-refractivity contribution in [2.45, 2.75) is 38.1 Å². The summed E-state index contributed by atoms with van der Waals surface area (Å²) in [7, 11) is 0. The van der Waals surface area contributed by atoms with Gasteiger partial charge >= 0.3 is 6.18 Å². The summed E-state index contributed by atoms with van der Waals surface area (Å²) in [6.45, 7) is 1.17. The van der Waals surface area contributed by atoms with Crippen LogP contribution in [0.5, 0.6) is 0 Å². The summed E-state index contributed by atoms with van der Waals surface area (Å²) in [5.41, 5.74) is 11.3. The Balaban J connectivity index is 1.71. The molecule has 0 saturated carbocycles. The highest BCUT2D eigenvalue weighted by Gasteiger charge is 2.30. The highest BCUT2D eigenvalue weighted by Crippen LogP contribution is 2.31. The smallest absolute Gasteiger partial charge is 0.370 e. The van der Waals surface area contributed by atoms with Crippen LogP contribution in [0.1, 0.15) is 24.2 Å². The van der Waals surface area contributed by atoms with Crippen LogP contribution in [0.25, 0.3) is 11.3 Å². The van der Waals surface area contributed by atoms with Gasteiger partial charge in [-0.3, -0.25) is 9.59 Å². The first-order chi connectivity index (χ1) is 13.1. The molecule has 0 spiro atoms. The van der Waals surface area contributed by atoms with Crippen molar-refractivity contribution in [2.24, 2.45) is 11.5 Å². The molecule has 0 bridgehead atoms. The Bertz CT molecular complexity index is 876. The summed E-state index contributed by atoms with van der Waals surface area (Å²) >= 11 is 0. The van der Waals surface area contributed by atoms with Gasteiger partial charge in [-0.15, -0.1) is 0 Å². The maximum atomic E-state index is 12.7. The predicted octanol–water partition coefficient (Wildman–Crippen LogP) is 1.50. The van der Waals surface area contributed by atoms with E-state index in [2.05, 4.69) is 4.98 Å². The second-order valence-electron chi connectivity index (χ2n) is 6.68. The highest BCUT2D eigenvalue weighted by molar-refractivity contribution is 5.82. The Hall–Kier alpha value is -2.88. The summed E-state index contributed by atoms with van der Waals surface area (Å²) in [6.07, 6.45) is -2.42. The third kappa shape index (κ3) is 4.33. The molecule has 7 nitrogen and oxygen atoms in total. The topological polar surface area (TPSA) is 107 Å². The molecule has 1 aromatic carbocycles. The van der Waals surface area contributed by atoms with Gasteiger partial charge in [-0.2, -0.15) is 13.2 Å². The van der Waals surface area contributed by atoms with Crippen molar-refractivity contribution in [3.05, 3.63) is 41.9 Å². The van der Waals surface area contributed by atoms with Gasteiger partial charge in [0, 0.05) is 31.3 Å². The molecule has 1 atom stereocenters. The Morgan fingerprint density at radius 1 is 1.18 bits per heavy atom. The summed E-state index contributed by atoms with van der Waals surface area (Å²) in [4.78, 5) is 29.3. The molecule has 28 heavy (non-hydrogen) atoms. The van der Waals surface area contributed by atoms with E-state index < -0.39 is 23.7 Å². The Morgan fingerprint density at radius 2 is 1.86 bits per heavy atom. The van der Waals surface area contributed by atoms with Gasteiger partial charge < -0.3 is 20.9 Å². The van der Waals surface area contributed by atoms with Gasteiger partial charge in [0.2, 0.25) is 11.8 Å². The molecule has 150 valence electrons. The van der Waals surface area contributed by atoms with Crippen LogP contribution in [0.4, 0.5) is 13.2 Å². The molecule has 0 saturated heterocycles. The Morgan fingerprint density at radius 3 is 2.46 bits per heavy atom. The van der Waals surface area contributed by atoms with E-state index in [0.29, 0.717) is 30.2 Å². The molecule has 0 aliphatic carbocycles. The molecule has 1 aromatic heterocycles. The zero-order chi connectivity index (χ0) is 20.5. The first-order valence-electron chi connectivity index (χ1n) is 8.71. The van der Waals surface area contributed by atoms with Crippen LogP contribution < -0.4 is 11.5 Å². The van der Waals surface area contributed by atoms with Crippen molar-refractivity contribution in [1.29, 1.82) is 0 Å². The van der Waals surface area contributed by atoms with Crippen molar-refractivity contribution < 1.29 is 22.8 Å². The van der Waals surface area contributed by atoms with Crippen molar-refractivity contribution in [3.63, 3.8) is 0 Å². The minimum atomic E-state index is -4.39. The average molecular weight is 395 g/mol. The SMILES string of the molecule is NC(=O)CC[C@H](N)C(=O)N1CCn2cc(-c3ccc(C(F)(F)F)cc3)nc2C1. The number of primary amides is 1. The number of rotatable bonds is 5. The van der Waals surface area contributed by atoms with E-state index >= 15 is 0 Å². The first-order valence-corrected chi connectivity index (χ1v) is 8.71. The normalized spacial score (nSPS) is 15.2. The number of amides is 2. The van der Waals surface area contributed by atoms with Gasteiger partial charge in [0.05, 0.1) is 23.8 Å². The van der Waals surface area contributed by atoms with Crippen molar-refractivity contribution in [3.8, 4) is 11.3 Å². The van der Waals surface area contributed by atoms with Gasteiger partial charge in [0.25, 0.3) is 0 Å². The highest BCUT2D eigenvalue weighted by atomic mass is 19.4. The maximum absolute atomic E-state index is 12.7. The molecular formula is C18H20F3N5O2. The second-order valence-corrected chi connectivity index (χ2v) is 6.68. The van der Waals surface area contributed by atoms with E-state index in [9.17, 15) is 22.8 Å². The van der Waals surface area contributed by atoms with Crippen molar-refractivity contribution in [1.82, 2.24) is 14.5 Å². The van der Waals surface area contributed by atoms with E-state index in [-0.39, 0.29) is 25.3 Å². The molecule has 0 radical (unpaired) electrons. The summed E-state index contributed by atoms with van der Waals surface area (Å²) in [5.74, 6) is -0.179.